The molecule has 0 saturated heterocycles. The lowest BCUT2D eigenvalue weighted by Gasteiger charge is -2.22. The SMILES string of the molecule is C[C@@H]1CCC[C@H](n2cnc(-c3cc(Cl)cnc3-n3cc(C(F)(F)F)nn3)cc2=O)c2cc(ccn2)-c2c(cnn2C(F)F)NC1=O. The Bertz CT molecular complexity index is 1990. The van der Waals surface area contributed by atoms with E-state index in [-0.39, 0.29) is 44.9 Å². The van der Waals surface area contributed by atoms with E-state index in [0.717, 1.165) is 10.9 Å². The molecule has 1 N–H and O–H groups in total. The molecule has 0 saturated carbocycles. The second-order valence-corrected chi connectivity index (χ2v) is 11.0. The molecule has 2 atom stereocenters. The van der Waals surface area contributed by atoms with Gasteiger partial charge in [-0.25, -0.2) is 19.3 Å². The minimum Gasteiger partial charge on any atom is -0.323 e. The number of nitrogens with one attached hydrogen (secondary N) is 1. The Hall–Kier alpha value is -5.06. The Kier molecular flexibility index (Phi) is 8.10. The molecule has 0 aliphatic carbocycles. The molecule has 6 heterocycles. The molecular weight excluding hydrogens is 639 g/mol. The molecule has 1 amide bonds. The van der Waals surface area contributed by atoms with Crippen LogP contribution in [0, 0.1) is 5.92 Å². The summed E-state index contributed by atoms with van der Waals surface area (Å²) in [4.78, 5) is 39.5. The van der Waals surface area contributed by atoms with Crippen molar-refractivity contribution in [1.82, 2.24) is 44.3 Å². The number of anilines is 1. The number of rotatable bonds is 4. The summed E-state index contributed by atoms with van der Waals surface area (Å²) in [5.74, 6) is -0.962. The third-order valence-electron chi connectivity index (χ3n) is 7.48. The number of nitrogens with zero attached hydrogens (tertiary/aromatic N) is 9. The van der Waals surface area contributed by atoms with Crippen LogP contribution < -0.4 is 10.9 Å². The number of amides is 1. The van der Waals surface area contributed by atoms with Crippen LogP contribution in [0.15, 0.2) is 60.2 Å². The zero-order valence-corrected chi connectivity index (χ0v) is 24.4. The molecule has 5 aromatic rings. The highest BCUT2D eigenvalue weighted by atomic mass is 35.5. The first-order chi connectivity index (χ1) is 21.9. The van der Waals surface area contributed by atoms with Gasteiger partial charge in [0, 0.05) is 35.5 Å². The Balaban J connectivity index is 1.43. The van der Waals surface area contributed by atoms with Gasteiger partial charge in [-0.3, -0.25) is 19.1 Å². The van der Waals surface area contributed by atoms with Gasteiger partial charge >= 0.3 is 12.7 Å². The molecule has 2 bridgehead atoms. The maximum Gasteiger partial charge on any atom is 0.436 e. The van der Waals surface area contributed by atoms with Gasteiger partial charge in [0.1, 0.15) is 0 Å². The van der Waals surface area contributed by atoms with Crippen molar-refractivity contribution in [3.05, 3.63) is 82.1 Å². The van der Waals surface area contributed by atoms with Gasteiger partial charge in [-0.05, 0) is 31.0 Å². The van der Waals surface area contributed by atoms with Crippen LogP contribution in [0.2, 0.25) is 5.02 Å². The van der Waals surface area contributed by atoms with Crippen molar-refractivity contribution in [2.75, 3.05) is 5.32 Å². The number of halogens is 6. The molecule has 0 aromatic carbocycles. The van der Waals surface area contributed by atoms with Gasteiger partial charge in [-0.15, -0.1) is 5.10 Å². The van der Waals surface area contributed by atoms with Crippen molar-refractivity contribution in [1.29, 1.82) is 0 Å². The summed E-state index contributed by atoms with van der Waals surface area (Å²) in [6.45, 7) is -1.29. The van der Waals surface area contributed by atoms with E-state index < -0.39 is 35.9 Å². The quantitative estimate of drug-likeness (QED) is 0.247. The van der Waals surface area contributed by atoms with E-state index in [1.54, 1.807) is 13.0 Å². The molecule has 238 valence electrons. The summed E-state index contributed by atoms with van der Waals surface area (Å²) in [5.41, 5.74) is -0.908. The van der Waals surface area contributed by atoms with E-state index in [9.17, 15) is 31.5 Å². The van der Waals surface area contributed by atoms with Gasteiger partial charge in [0.15, 0.2) is 11.5 Å². The number of aromatic nitrogens is 9. The number of fused-ring (bicyclic) bond motifs is 4. The predicted octanol–water partition coefficient (Wildman–Crippen LogP) is 5.56. The molecular formula is C28H22ClF5N10O2. The number of pyridine rings is 2. The van der Waals surface area contributed by atoms with Crippen LogP contribution >= 0.6 is 11.6 Å². The van der Waals surface area contributed by atoms with E-state index in [0.29, 0.717) is 35.8 Å². The minimum absolute atomic E-state index is 0.0258. The highest BCUT2D eigenvalue weighted by Crippen LogP contribution is 2.35. The van der Waals surface area contributed by atoms with Crippen LogP contribution in [-0.4, -0.2) is 50.2 Å². The molecule has 12 nitrogen and oxygen atoms in total. The zero-order valence-electron chi connectivity index (χ0n) is 23.7. The molecule has 46 heavy (non-hydrogen) atoms. The third-order valence-corrected chi connectivity index (χ3v) is 7.68. The zero-order chi connectivity index (χ0) is 32.7. The average molecular weight is 661 g/mol. The highest BCUT2D eigenvalue weighted by molar-refractivity contribution is 6.30. The summed E-state index contributed by atoms with van der Waals surface area (Å²) in [7, 11) is 0. The monoisotopic (exact) mass is 660 g/mol. The standard InChI is InChI=1S/C28H22ClF5N10O2/c1-14-3-2-4-21(19-7-15(5-6-35-19)24-20(39-26(14)46)11-38-44(24)27(30)31)42-13-37-18(9-23(42)45)17-8-16(29)10-36-25(17)43-12-22(40-41-43)28(32,33)34/h5-14,21,27H,2-4H2,1H3,(H,39,46)/t14-,21+/m1/s1. The summed E-state index contributed by atoms with van der Waals surface area (Å²) in [6, 6.07) is 4.86. The predicted molar refractivity (Wildman–Crippen MR) is 153 cm³/mol. The number of carbonyl (C=O) groups excluding carboxylic acids is 1. The maximum absolute atomic E-state index is 13.9. The maximum atomic E-state index is 13.9. The topological polar surface area (TPSA) is 138 Å². The summed E-state index contributed by atoms with van der Waals surface area (Å²) < 4.78 is 70.0. The van der Waals surface area contributed by atoms with Crippen molar-refractivity contribution >= 4 is 23.2 Å². The molecule has 1 aliphatic rings. The fourth-order valence-corrected chi connectivity index (χ4v) is 5.35. The molecule has 18 heteroatoms. The number of hydrogen-bond donors (Lipinski definition) is 1. The van der Waals surface area contributed by atoms with Crippen molar-refractivity contribution in [3.8, 4) is 28.3 Å². The fraction of sp³-hybridized carbons (Fsp3) is 0.286. The van der Waals surface area contributed by atoms with Gasteiger partial charge in [-0.1, -0.05) is 30.2 Å². The highest BCUT2D eigenvalue weighted by Gasteiger charge is 2.35. The lowest BCUT2D eigenvalue weighted by Crippen LogP contribution is -2.27. The van der Waals surface area contributed by atoms with Gasteiger partial charge in [0.2, 0.25) is 5.91 Å². The van der Waals surface area contributed by atoms with Crippen molar-refractivity contribution in [3.63, 3.8) is 0 Å². The second-order valence-electron chi connectivity index (χ2n) is 10.5. The summed E-state index contributed by atoms with van der Waals surface area (Å²) >= 11 is 6.14. The minimum atomic E-state index is -4.75. The molecule has 0 fully saturated rings. The Morgan fingerprint density at radius 3 is 2.59 bits per heavy atom. The van der Waals surface area contributed by atoms with Crippen LogP contribution in [0.5, 0.6) is 0 Å². The summed E-state index contributed by atoms with van der Waals surface area (Å²) in [5, 5.41) is 13.3. The molecule has 0 spiro atoms. The van der Waals surface area contributed by atoms with Crippen molar-refractivity contribution < 1.29 is 26.7 Å². The van der Waals surface area contributed by atoms with E-state index in [1.807, 2.05) is 0 Å². The van der Waals surface area contributed by atoms with E-state index in [1.165, 1.54) is 41.5 Å². The Labute approximate surface area is 260 Å². The molecule has 5 aromatic heterocycles. The lowest BCUT2D eigenvalue weighted by atomic mass is 9.97. The number of alkyl halides is 5. The first-order valence-electron chi connectivity index (χ1n) is 13.8. The van der Waals surface area contributed by atoms with Crippen LogP contribution in [0.1, 0.15) is 50.2 Å². The van der Waals surface area contributed by atoms with Gasteiger partial charge in [0.25, 0.3) is 5.56 Å². The van der Waals surface area contributed by atoms with Crippen LogP contribution in [0.3, 0.4) is 0 Å². The van der Waals surface area contributed by atoms with E-state index in [4.69, 9.17) is 11.6 Å². The Morgan fingerprint density at radius 2 is 1.87 bits per heavy atom. The Morgan fingerprint density at radius 1 is 1.07 bits per heavy atom. The van der Waals surface area contributed by atoms with E-state index in [2.05, 4.69) is 35.7 Å². The third kappa shape index (κ3) is 5.96. The fourth-order valence-electron chi connectivity index (χ4n) is 5.19. The summed E-state index contributed by atoms with van der Waals surface area (Å²) in [6.07, 6.45) is 2.15. The lowest BCUT2D eigenvalue weighted by molar-refractivity contribution is -0.141. The average Bonchev–Trinajstić information content (AvgIpc) is 3.67. The van der Waals surface area contributed by atoms with Crippen molar-refractivity contribution in [2.45, 2.75) is 45.0 Å². The van der Waals surface area contributed by atoms with Crippen LogP contribution in [-0.2, 0) is 11.0 Å². The normalized spacial score (nSPS) is 17.3. The van der Waals surface area contributed by atoms with Gasteiger partial charge in [0.05, 0.1) is 52.6 Å². The number of hydrogen-bond acceptors (Lipinski definition) is 8. The smallest absolute Gasteiger partial charge is 0.323 e. The van der Waals surface area contributed by atoms with Crippen molar-refractivity contribution in [2.24, 2.45) is 5.92 Å². The first kappa shape index (κ1) is 30.9. The van der Waals surface area contributed by atoms with Gasteiger partial charge < -0.3 is 5.32 Å². The molecule has 1 aliphatic heterocycles. The molecule has 0 radical (unpaired) electrons. The van der Waals surface area contributed by atoms with Crippen LogP contribution in [0.25, 0.3) is 28.3 Å². The molecule has 6 rings (SSSR count). The molecule has 0 unspecified atom stereocenters. The number of carbonyl (C=O) groups is 1. The van der Waals surface area contributed by atoms with Gasteiger partial charge in [-0.2, -0.15) is 27.1 Å². The first-order valence-corrected chi connectivity index (χ1v) is 14.2. The van der Waals surface area contributed by atoms with Crippen LogP contribution in [0.4, 0.5) is 27.6 Å². The largest absolute Gasteiger partial charge is 0.436 e. The second kappa shape index (κ2) is 12.0. The van der Waals surface area contributed by atoms with E-state index >= 15 is 0 Å².